The first-order valence-electron chi connectivity index (χ1n) is 5.91. The van der Waals surface area contributed by atoms with Gasteiger partial charge in [0.2, 0.25) is 0 Å². The molecule has 0 radical (unpaired) electrons. The van der Waals surface area contributed by atoms with Gasteiger partial charge in [-0.15, -0.1) is 0 Å². The van der Waals surface area contributed by atoms with Crippen molar-refractivity contribution in [2.24, 2.45) is 0 Å². The fourth-order valence-corrected chi connectivity index (χ4v) is 2.52. The van der Waals surface area contributed by atoms with Crippen LogP contribution in [-0.2, 0) is 6.54 Å². The first-order valence-corrected chi connectivity index (χ1v) is 6.67. The van der Waals surface area contributed by atoms with E-state index in [1.165, 1.54) is 12.1 Å². The number of hydrogen-bond acceptors (Lipinski definition) is 2. The highest BCUT2D eigenvalue weighted by molar-refractivity contribution is 6.31. The molecule has 1 N–H and O–H groups in total. The highest BCUT2D eigenvalue weighted by Crippen LogP contribution is 2.31. The third-order valence-electron chi connectivity index (χ3n) is 2.96. The summed E-state index contributed by atoms with van der Waals surface area (Å²) < 4.78 is 15.7. The van der Waals surface area contributed by atoms with Crippen LogP contribution in [0.25, 0.3) is 0 Å². The largest absolute Gasteiger partial charge is 0.308 e. The van der Waals surface area contributed by atoms with E-state index in [9.17, 15) is 4.39 Å². The van der Waals surface area contributed by atoms with Crippen LogP contribution in [0.5, 0.6) is 0 Å². The molecular weight excluding hydrogens is 288 g/mol. The van der Waals surface area contributed by atoms with E-state index < -0.39 is 6.04 Å². The molecule has 0 spiro atoms. The van der Waals surface area contributed by atoms with Crippen molar-refractivity contribution < 1.29 is 4.39 Å². The zero-order valence-electron chi connectivity index (χ0n) is 10.6. The number of nitrogens with one attached hydrogen (secondary N) is 1. The Labute approximate surface area is 121 Å². The Bertz CT molecular complexity index is 583. The van der Waals surface area contributed by atoms with Gasteiger partial charge in [0, 0.05) is 17.1 Å². The number of aryl methyl sites for hydroxylation is 1. The van der Waals surface area contributed by atoms with Gasteiger partial charge < -0.3 is 5.32 Å². The monoisotopic (exact) mass is 301 g/mol. The summed E-state index contributed by atoms with van der Waals surface area (Å²) in [7, 11) is 1.74. The Morgan fingerprint density at radius 3 is 2.79 bits per heavy atom. The standard InChI is InChI=1S/C13H14Cl2FN3/c1-3-19-13(10(15)7-18-19)12(17-2)9-6-8(14)4-5-11(9)16/h4-7,12,17H,3H2,1-2H3. The summed E-state index contributed by atoms with van der Waals surface area (Å²) in [5.74, 6) is -0.330. The van der Waals surface area contributed by atoms with Crippen molar-refractivity contribution in [1.82, 2.24) is 15.1 Å². The maximum atomic E-state index is 14.0. The van der Waals surface area contributed by atoms with Crippen LogP contribution >= 0.6 is 23.2 Å². The van der Waals surface area contributed by atoms with Crippen LogP contribution in [0.1, 0.15) is 24.2 Å². The van der Waals surface area contributed by atoms with Gasteiger partial charge >= 0.3 is 0 Å². The van der Waals surface area contributed by atoms with Crippen LogP contribution in [0.3, 0.4) is 0 Å². The lowest BCUT2D eigenvalue weighted by Gasteiger charge is -2.19. The highest BCUT2D eigenvalue weighted by atomic mass is 35.5. The molecule has 1 atom stereocenters. The van der Waals surface area contributed by atoms with Crippen LogP contribution in [-0.4, -0.2) is 16.8 Å². The molecule has 0 saturated heterocycles. The molecule has 0 aliphatic heterocycles. The molecule has 0 saturated carbocycles. The summed E-state index contributed by atoms with van der Waals surface area (Å²) in [5.41, 5.74) is 1.18. The highest BCUT2D eigenvalue weighted by Gasteiger charge is 2.23. The summed E-state index contributed by atoms with van der Waals surface area (Å²) in [4.78, 5) is 0. The van der Waals surface area contributed by atoms with E-state index >= 15 is 0 Å². The molecule has 1 aromatic carbocycles. The van der Waals surface area contributed by atoms with Crippen LogP contribution in [0.15, 0.2) is 24.4 Å². The van der Waals surface area contributed by atoms with E-state index in [1.807, 2.05) is 6.92 Å². The van der Waals surface area contributed by atoms with Gasteiger partial charge in [0.05, 0.1) is 23.0 Å². The molecule has 0 bridgehead atoms. The van der Waals surface area contributed by atoms with Gasteiger partial charge in [-0.3, -0.25) is 4.68 Å². The third kappa shape index (κ3) is 2.76. The Morgan fingerprint density at radius 1 is 1.42 bits per heavy atom. The van der Waals surface area contributed by atoms with Gasteiger partial charge in [0.15, 0.2) is 0 Å². The molecule has 102 valence electrons. The first-order chi connectivity index (χ1) is 9.08. The Morgan fingerprint density at radius 2 is 2.16 bits per heavy atom. The molecule has 1 unspecified atom stereocenters. The first kappa shape index (κ1) is 14.3. The molecule has 0 aliphatic rings. The van der Waals surface area contributed by atoms with Crippen molar-refractivity contribution in [1.29, 1.82) is 0 Å². The summed E-state index contributed by atoms with van der Waals surface area (Å²) in [5, 5.41) is 8.21. The minimum atomic E-state index is -0.395. The van der Waals surface area contributed by atoms with E-state index in [2.05, 4.69) is 10.4 Å². The van der Waals surface area contributed by atoms with Gasteiger partial charge in [0.25, 0.3) is 0 Å². The van der Waals surface area contributed by atoms with Gasteiger partial charge in [-0.05, 0) is 32.2 Å². The normalized spacial score (nSPS) is 12.7. The number of hydrogen-bond donors (Lipinski definition) is 1. The minimum absolute atomic E-state index is 0.330. The number of rotatable bonds is 4. The van der Waals surface area contributed by atoms with Crippen LogP contribution in [0, 0.1) is 5.82 Å². The molecule has 1 aromatic heterocycles. The SMILES string of the molecule is CCn1ncc(Cl)c1C(NC)c1cc(Cl)ccc1F. The lowest BCUT2D eigenvalue weighted by Crippen LogP contribution is -2.22. The summed E-state index contributed by atoms with van der Waals surface area (Å²) in [6.45, 7) is 2.61. The van der Waals surface area contributed by atoms with Crippen molar-refractivity contribution >= 4 is 23.2 Å². The molecular formula is C13H14Cl2FN3. The molecule has 0 amide bonds. The second kappa shape index (κ2) is 5.90. The second-order valence-electron chi connectivity index (χ2n) is 4.08. The van der Waals surface area contributed by atoms with Crippen molar-refractivity contribution in [3.8, 4) is 0 Å². The van der Waals surface area contributed by atoms with E-state index in [4.69, 9.17) is 23.2 Å². The van der Waals surface area contributed by atoms with E-state index in [0.29, 0.717) is 22.2 Å². The van der Waals surface area contributed by atoms with Gasteiger partial charge in [-0.25, -0.2) is 4.39 Å². The molecule has 3 nitrogen and oxygen atoms in total. The molecule has 0 aliphatic carbocycles. The summed E-state index contributed by atoms with van der Waals surface area (Å²) in [6.07, 6.45) is 1.56. The average Bonchev–Trinajstić information content (AvgIpc) is 2.76. The fraction of sp³-hybridized carbons (Fsp3) is 0.308. The lowest BCUT2D eigenvalue weighted by molar-refractivity contribution is 0.533. The number of benzene rings is 1. The Hall–Kier alpha value is -1.10. The van der Waals surface area contributed by atoms with Crippen molar-refractivity contribution in [3.63, 3.8) is 0 Å². The summed E-state index contributed by atoms with van der Waals surface area (Å²) in [6, 6.07) is 4.07. The molecule has 6 heteroatoms. The van der Waals surface area contributed by atoms with Crippen molar-refractivity contribution in [2.45, 2.75) is 19.5 Å². The quantitative estimate of drug-likeness (QED) is 0.934. The van der Waals surface area contributed by atoms with E-state index in [1.54, 1.807) is 24.0 Å². The third-order valence-corrected chi connectivity index (χ3v) is 3.49. The van der Waals surface area contributed by atoms with Crippen LogP contribution in [0.4, 0.5) is 4.39 Å². The summed E-state index contributed by atoms with van der Waals surface area (Å²) >= 11 is 12.1. The lowest BCUT2D eigenvalue weighted by atomic mass is 10.0. The molecule has 1 heterocycles. The zero-order valence-corrected chi connectivity index (χ0v) is 12.1. The van der Waals surface area contributed by atoms with E-state index in [-0.39, 0.29) is 5.82 Å². The number of nitrogens with zero attached hydrogens (tertiary/aromatic N) is 2. The fourth-order valence-electron chi connectivity index (χ4n) is 2.09. The van der Waals surface area contributed by atoms with Gasteiger partial charge in [0.1, 0.15) is 5.82 Å². The van der Waals surface area contributed by atoms with Crippen LogP contribution < -0.4 is 5.32 Å². The Kier molecular flexibility index (Phi) is 4.45. The van der Waals surface area contributed by atoms with Gasteiger partial charge in [-0.1, -0.05) is 23.2 Å². The topological polar surface area (TPSA) is 29.9 Å². The smallest absolute Gasteiger partial charge is 0.128 e. The minimum Gasteiger partial charge on any atom is -0.308 e. The average molecular weight is 302 g/mol. The predicted octanol–water partition coefficient (Wildman–Crippen LogP) is 3.66. The van der Waals surface area contributed by atoms with Crippen molar-refractivity contribution in [3.05, 3.63) is 51.5 Å². The van der Waals surface area contributed by atoms with E-state index in [0.717, 1.165) is 5.69 Å². The number of aromatic nitrogens is 2. The molecule has 2 aromatic rings. The molecule has 0 fully saturated rings. The zero-order chi connectivity index (χ0) is 14.0. The maximum Gasteiger partial charge on any atom is 0.128 e. The van der Waals surface area contributed by atoms with Gasteiger partial charge in [-0.2, -0.15) is 5.10 Å². The maximum absolute atomic E-state index is 14.0. The second-order valence-corrected chi connectivity index (χ2v) is 4.92. The molecule has 19 heavy (non-hydrogen) atoms. The Balaban J connectivity index is 2.56. The predicted molar refractivity (Wildman–Crippen MR) is 75.2 cm³/mol. The molecule has 2 rings (SSSR count). The van der Waals surface area contributed by atoms with Crippen molar-refractivity contribution in [2.75, 3.05) is 7.05 Å². The van der Waals surface area contributed by atoms with Crippen LogP contribution in [0.2, 0.25) is 10.0 Å². The number of halogens is 3.